The van der Waals surface area contributed by atoms with Crippen LogP contribution >= 0.6 is 12.2 Å². The summed E-state index contributed by atoms with van der Waals surface area (Å²) in [5, 5.41) is 0. The molecule has 1 aliphatic heterocycles. The average molecular weight is 268 g/mol. The Morgan fingerprint density at radius 3 is 2.56 bits per heavy atom. The largest absolute Gasteiger partial charge is 0.392 e. The summed E-state index contributed by atoms with van der Waals surface area (Å²) in [6.07, 6.45) is 7.36. The van der Waals surface area contributed by atoms with Gasteiger partial charge in [-0.2, -0.15) is 0 Å². The minimum absolute atomic E-state index is 0.214. The Kier molecular flexibility index (Phi) is 4.25. The van der Waals surface area contributed by atoms with Crippen molar-refractivity contribution >= 4 is 23.1 Å². The Balaban J connectivity index is 2.11. The lowest BCUT2D eigenvalue weighted by molar-refractivity contribution is -0.138. The van der Waals surface area contributed by atoms with Crippen molar-refractivity contribution in [2.45, 2.75) is 51.9 Å². The zero-order valence-corrected chi connectivity index (χ0v) is 12.1. The Bertz CT molecular complexity index is 337. The Morgan fingerprint density at radius 2 is 2.06 bits per heavy atom. The van der Waals surface area contributed by atoms with Crippen molar-refractivity contribution in [1.29, 1.82) is 0 Å². The van der Waals surface area contributed by atoms with E-state index in [1.807, 2.05) is 4.90 Å². The molecule has 2 rings (SSSR count). The minimum Gasteiger partial charge on any atom is -0.392 e. The number of thiocarbonyl (C=S) groups is 1. The molecule has 0 radical (unpaired) electrons. The molecule has 1 saturated heterocycles. The number of nitrogens with two attached hydrogens (primary N) is 1. The number of carbonyl (C=O) groups excluding carboxylic acids is 1. The topological polar surface area (TPSA) is 46.3 Å². The van der Waals surface area contributed by atoms with Gasteiger partial charge in [0.2, 0.25) is 5.91 Å². The average Bonchev–Trinajstić information content (AvgIpc) is 2.87. The van der Waals surface area contributed by atoms with E-state index in [0.717, 1.165) is 51.6 Å². The highest BCUT2D eigenvalue weighted by Gasteiger charge is 2.45. The van der Waals surface area contributed by atoms with E-state index >= 15 is 0 Å². The van der Waals surface area contributed by atoms with E-state index in [1.54, 1.807) is 0 Å². The van der Waals surface area contributed by atoms with Gasteiger partial charge in [-0.15, -0.1) is 0 Å². The zero-order valence-electron chi connectivity index (χ0n) is 11.3. The first-order valence-electron chi connectivity index (χ1n) is 7.19. The normalized spacial score (nSPS) is 27.2. The summed E-state index contributed by atoms with van der Waals surface area (Å²) in [5.41, 5.74) is 5.40. The second kappa shape index (κ2) is 5.55. The lowest BCUT2D eigenvalue weighted by Gasteiger charge is -2.37. The fourth-order valence-corrected chi connectivity index (χ4v) is 3.67. The summed E-state index contributed by atoms with van der Waals surface area (Å²) in [7, 11) is 0. The minimum atomic E-state index is -0.518. The molecule has 1 amide bonds. The van der Waals surface area contributed by atoms with Crippen LogP contribution < -0.4 is 5.73 Å². The van der Waals surface area contributed by atoms with Crippen LogP contribution in [0.1, 0.15) is 51.9 Å². The van der Waals surface area contributed by atoms with Crippen molar-refractivity contribution in [2.75, 3.05) is 13.1 Å². The van der Waals surface area contributed by atoms with Gasteiger partial charge in [-0.05, 0) is 25.2 Å². The van der Waals surface area contributed by atoms with E-state index in [4.69, 9.17) is 18.0 Å². The highest BCUT2D eigenvalue weighted by molar-refractivity contribution is 7.80. The highest BCUT2D eigenvalue weighted by Crippen LogP contribution is 2.39. The molecule has 1 heterocycles. The molecule has 3 nitrogen and oxygen atoms in total. The summed E-state index contributed by atoms with van der Waals surface area (Å²) >= 11 is 5.23. The number of amides is 1. The van der Waals surface area contributed by atoms with Gasteiger partial charge in [0.15, 0.2) is 0 Å². The van der Waals surface area contributed by atoms with E-state index in [-0.39, 0.29) is 5.91 Å². The molecule has 0 aromatic heterocycles. The van der Waals surface area contributed by atoms with Crippen LogP contribution in [-0.4, -0.2) is 28.9 Å². The molecular weight excluding hydrogens is 244 g/mol. The summed E-state index contributed by atoms with van der Waals surface area (Å²) in [6, 6.07) is 0. The van der Waals surface area contributed by atoms with Crippen molar-refractivity contribution < 1.29 is 4.79 Å². The summed E-state index contributed by atoms with van der Waals surface area (Å²) in [6.45, 7) is 3.99. The Labute approximate surface area is 115 Å². The van der Waals surface area contributed by atoms with Crippen LogP contribution in [0.25, 0.3) is 0 Å². The quantitative estimate of drug-likeness (QED) is 0.800. The molecule has 2 fully saturated rings. The number of hydrogen-bond acceptors (Lipinski definition) is 2. The van der Waals surface area contributed by atoms with Gasteiger partial charge in [0, 0.05) is 13.1 Å². The van der Waals surface area contributed by atoms with Crippen LogP contribution in [0.15, 0.2) is 0 Å². The van der Waals surface area contributed by atoms with E-state index in [9.17, 15) is 4.79 Å². The molecule has 0 spiro atoms. The fourth-order valence-electron chi connectivity index (χ4n) is 3.37. The number of hydrogen-bond donors (Lipinski definition) is 1. The molecule has 1 saturated carbocycles. The molecule has 1 aliphatic carbocycles. The van der Waals surface area contributed by atoms with E-state index in [2.05, 4.69) is 6.92 Å². The van der Waals surface area contributed by atoms with Crippen LogP contribution in [0.2, 0.25) is 0 Å². The maximum Gasteiger partial charge on any atom is 0.235 e. The molecule has 102 valence electrons. The van der Waals surface area contributed by atoms with Crippen LogP contribution in [0.4, 0.5) is 0 Å². The molecule has 4 heteroatoms. The van der Waals surface area contributed by atoms with Crippen molar-refractivity contribution in [2.24, 2.45) is 17.1 Å². The van der Waals surface area contributed by atoms with Gasteiger partial charge >= 0.3 is 0 Å². The first-order valence-corrected chi connectivity index (χ1v) is 7.60. The fraction of sp³-hybridized carbons (Fsp3) is 0.857. The monoisotopic (exact) mass is 268 g/mol. The van der Waals surface area contributed by atoms with Crippen molar-refractivity contribution in [1.82, 2.24) is 4.90 Å². The van der Waals surface area contributed by atoms with Gasteiger partial charge in [-0.3, -0.25) is 4.79 Å². The predicted molar refractivity (Wildman–Crippen MR) is 77.3 cm³/mol. The second-order valence-corrected chi connectivity index (χ2v) is 6.26. The van der Waals surface area contributed by atoms with Gasteiger partial charge in [-0.25, -0.2) is 0 Å². The van der Waals surface area contributed by atoms with Gasteiger partial charge in [0.1, 0.15) is 0 Å². The number of likely N-dealkylation sites (tertiary alicyclic amines) is 1. The summed E-state index contributed by atoms with van der Waals surface area (Å²) in [4.78, 5) is 15.2. The van der Waals surface area contributed by atoms with Crippen LogP contribution in [-0.2, 0) is 4.79 Å². The SMILES string of the molecule is CCC1CCN(C(=O)C2(C(N)=S)CCCCC2)C1. The first kappa shape index (κ1) is 13.8. The maximum absolute atomic E-state index is 12.8. The number of carbonyl (C=O) groups is 1. The van der Waals surface area contributed by atoms with Gasteiger partial charge in [0.25, 0.3) is 0 Å². The first-order chi connectivity index (χ1) is 8.60. The lowest BCUT2D eigenvalue weighted by Crippen LogP contribution is -2.51. The van der Waals surface area contributed by atoms with Gasteiger partial charge in [0.05, 0.1) is 10.4 Å². The zero-order chi connectivity index (χ0) is 13.2. The van der Waals surface area contributed by atoms with Crippen LogP contribution in [0.3, 0.4) is 0 Å². The van der Waals surface area contributed by atoms with E-state index in [0.29, 0.717) is 10.9 Å². The third-order valence-electron chi connectivity index (χ3n) is 4.74. The van der Waals surface area contributed by atoms with E-state index in [1.165, 1.54) is 6.42 Å². The third-order valence-corrected chi connectivity index (χ3v) is 5.13. The smallest absolute Gasteiger partial charge is 0.235 e. The number of rotatable bonds is 3. The maximum atomic E-state index is 12.8. The molecule has 0 aromatic rings. The summed E-state index contributed by atoms with van der Waals surface area (Å²) < 4.78 is 0. The molecule has 1 atom stereocenters. The van der Waals surface area contributed by atoms with Crippen LogP contribution in [0, 0.1) is 11.3 Å². The molecule has 1 unspecified atom stereocenters. The molecule has 18 heavy (non-hydrogen) atoms. The summed E-state index contributed by atoms with van der Waals surface area (Å²) in [5.74, 6) is 0.881. The van der Waals surface area contributed by atoms with Crippen molar-refractivity contribution in [3.05, 3.63) is 0 Å². The molecular formula is C14H24N2OS. The molecule has 0 bridgehead atoms. The second-order valence-electron chi connectivity index (χ2n) is 5.82. The molecule has 2 N–H and O–H groups in total. The Hall–Kier alpha value is -0.640. The van der Waals surface area contributed by atoms with Gasteiger partial charge in [-0.1, -0.05) is 44.8 Å². The molecule has 2 aliphatic rings. The lowest BCUT2D eigenvalue weighted by atomic mass is 9.73. The van der Waals surface area contributed by atoms with Crippen molar-refractivity contribution in [3.8, 4) is 0 Å². The van der Waals surface area contributed by atoms with Crippen molar-refractivity contribution in [3.63, 3.8) is 0 Å². The highest BCUT2D eigenvalue weighted by atomic mass is 32.1. The predicted octanol–water partition coefficient (Wildman–Crippen LogP) is 2.48. The molecule has 0 aromatic carbocycles. The standard InChI is InChI=1S/C14H24N2OS/c1-2-11-6-9-16(10-11)13(17)14(12(15)18)7-4-3-5-8-14/h11H,2-10H2,1H3,(H2,15,18). The van der Waals surface area contributed by atoms with Crippen LogP contribution in [0.5, 0.6) is 0 Å². The Morgan fingerprint density at radius 1 is 1.39 bits per heavy atom. The van der Waals surface area contributed by atoms with E-state index < -0.39 is 5.41 Å². The third kappa shape index (κ3) is 2.40. The number of nitrogens with zero attached hydrogens (tertiary/aromatic N) is 1. The van der Waals surface area contributed by atoms with Gasteiger partial charge < -0.3 is 10.6 Å².